The number of rotatable bonds is 9. The Bertz CT molecular complexity index is 737. The lowest BCUT2D eigenvalue weighted by Crippen LogP contribution is -2.48. The highest BCUT2D eigenvalue weighted by atomic mass is 32.2. The van der Waals surface area contributed by atoms with Gasteiger partial charge in [-0.1, -0.05) is 12.1 Å². The fourth-order valence-corrected chi connectivity index (χ4v) is 6.85. The molecule has 26 heavy (non-hydrogen) atoms. The highest BCUT2D eigenvalue weighted by Gasteiger charge is 2.34. The maximum absolute atomic E-state index is 13.0. The number of piperidine rings is 1. The van der Waals surface area contributed by atoms with Gasteiger partial charge in [-0.3, -0.25) is 0 Å². The zero-order chi connectivity index (χ0) is 18.4. The number of sulfonamides is 1. The lowest BCUT2D eigenvalue weighted by molar-refractivity contribution is 0.128. The minimum absolute atomic E-state index is 0.0511. The summed E-state index contributed by atoms with van der Waals surface area (Å²) < 4.78 is 33.3. The van der Waals surface area contributed by atoms with Gasteiger partial charge in [0.2, 0.25) is 0 Å². The van der Waals surface area contributed by atoms with Crippen molar-refractivity contribution in [2.75, 3.05) is 39.9 Å². The molecule has 0 bridgehead atoms. The van der Waals surface area contributed by atoms with Gasteiger partial charge < -0.3 is 9.64 Å². The van der Waals surface area contributed by atoms with Gasteiger partial charge in [0.05, 0.1) is 6.61 Å². The number of hydrogen-bond donors (Lipinski definition) is 0. The van der Waals surface area contributed by atoms with Crippen molar-refractivity contribution >= 4 is 32.7 Å². The average Bonchev–Trinajstić information content (AvgIpc) is 3.35. The highest BCUT2D eigenvalue weighted by Crippen LogP contribution is 2.27. The molecule has 8 heteroatoms. The van der Waals surface area contributed by atoms with E-state index in [9.17, 15) is 8.42 Å². The molecule has 0 spiro atoms. The molecule has 1 fully saturated rings. The number of thiophene rings is 2. The maximum atomic E-state index is 13.0. The van der Waals surface area contributed by atoms with E-state index >= 15 is 0 Å². The molecule has 3 heterocycles. The first-order valence-electron chi connectivity index (χ1n) is 8.90. The third-order valence-electron chi connectivity index (χ3n) is 4.79. The Morgan fingerprint density at radius 1 is 1.19 bits per heavy atom. The molecule has 5 nitrogen and oxygen atoms in total. The van der Waals surface area contributed by atoms with Crippen LogP contribution in [0, 0.1) is 0 Å². The summed E-state index contributed by atoms with van der Waals surface area (Å²) in [6.07, 6.45) is 2.82. The van der Waals surface area contributed by atoms with Crippen LogP contribution in [0.1, 0.15) is 17.7 Å². The van der Waals surface area contributed by atoms with E-state index in [1.165, 1.54) is 16.2 Å². The van der Waals surface area contributed by atoms with Crippen LogP contribution in [-0.2, 0) is 21.2 Å². The highest BCUT2D eigenvalue weighted by molar-refractivity contribution is 7.91. The molecule has 0 N–H and O–H groups in total. The van der Waals surface area contributed by atoms with Crippen molar-refractivity contribution in [2.45, 2.75) is 29.5 Å². The van der Waals surface area contributed by atoms with Crippen molar-refractivity contribution < 1.29 is 13.2 Å². The summed E-state index contributed by atoms with van der Waals surface area (Å²) in [7, 11) is -1.83. The molecule has 0 aromatic carbocycles. The topological polar surface area (TPSA) is 49.9 Å². The molecule has 144 valence electrons. The van der Waals surface area contributed by atoms with Crippen LogP contribution in [0.25, 0.3) is 0 Å². The van der Waals surface area contributed by atoms with Crippen molar-refractivity contribution in [3.05, 3.63) is 39.9 Å². The zero-order valence-corrected chi connectivity index (χ0v) is 17.5. The number of hydrogen-bond acceptors (Lipinski definition) is 6. The van der Waals surface area contributed by atoms with E-state index in [-0.39, 0.29) is 6.04 Å². The fraction of sp³-hybridized carbons (Fsp3) is 0.556. The van der Waals surface area contributed by atoms with Gasteiger partial charge in [-0.25, -0.2) is 8.42 Å². The molecule has 0 atom stereocenters. The van der Waals surface area contributed by atoms with E-state index in [2.05, 4.69) is 22.4 Å². The van der Waals surface area contributed by atoms with Gasteiger partial charge in [0.25, 0.3) is 10.0 Å². The molecule has 0 saturated carbocycles. The van der Waals surface area contributed by atoms with Crippen LogP contribution in [0.2, 0.25) is 0 Å². The minimum Gasteiger partial charge on any atom is -0.383 e. The Morgan fingerprint density at radius 3 is 2.54 bits per heavy atom. The fourth-order valence-electron chi connectivity index (χ4n) is 3.36. The molecule has 3 rings (SSSR count). The predicted octanol–water partition coefficient (Wildman–Crippen LogP) is 3.15. The second-order valence-corrected chi connectivity index (χ2v) is 10.5. The summed E-state index contributed by atoms with van der Waals surface area (Å²) in [6, 6.07) is 7.80. The summed E-state index contributed by atoms with van der Waals surface area (Å²) in [4.78, 5) is 3.86. The molecular formula is C18H26N2O3S3. The molecule has 0 aliphatic carbocycles. The summed E-state index contributed by atoms with van der Waals surface area (Å²) in [5, 5.41) is 3.93. The smallest absolute Gasteiger partial charge is 0.252 e. The first-order valence-corrected chi connectivity index (χ1v) is 12.1. The standard InChI is InChI=1S/C18H26N2O3S3/c1-23-13-12-20(26(21,22)18-5-3-15-25-18)16-6-9-19(10-7-16)11-8-17-4-2-14-24-17/h2-5,14-16H,6-13H2,1H3. The van der Waals surface area contributed by atoms with Crippen LogP contribution < -0.4 is 0 Å². The monoisotopic (exact) mass is 414 g/mol. The van der Waals surface area contributed by atoms with Crippen LogP contribution in [-0.4, -0.2) is 63.6 Å². The van der Waals surface area contributed by atoms with Gasteiger partial charge in [0.1, 0.15) is 4.21 Å². The molecule has 1 saturated heterocycles. The van der Waals surface area contributed by atoms with Crippen LogP contribution >= 0.6 is 22.7 Å². The van der Waals surface area contributed by atoms with Gasteiger partial charge in [-0.2, -0.15) is 4.31 Å². The summed E-state index contributed by atoms with van der Waals surface area (Å²) in [6.45, 7) is 3.77. The number of methoxy groups -OCH3 is 1. The van der Waals surface area contributed by atoms with E-state index < -0.39 is 10.0 Å². The minimum atomic E-state index is -3.44. The third kappa shape index (κ3) is 4.94. The van der Waals surface area contributed by atoms with E-state index in [1.807, 2.05) is 5.38 Å². The average molecular weight is 415 g/mol. The first kappa shape index (κ1) is 20.0. The molecule has 2 aromatic heterocycles. The second-order valence-electron chi connectivity index (χ2n) is 6.44. The predicted molar refractivity (Wildman–Crippen MR) is 108 cm³/mol. The van der Waals surface area contributed by atoms with Gasteiger partial charge in [-0.05, 0) is 55.2 Å². The third-order valence-corrected chi connectivity index (χ3v) is 9.05. The molecule has 1 aliphatic heterocycles. The van der Waals surface area contributed by atoms with Crippen molar-refractivity contribution in [1.82, 2.24) is 9.21 Å². The zero-order valence-electron chi connectivity index (χ0n) is 15.0. The molecule has 0 radical (unpaired) electrons. The first-order chi connectivity index (χ1) is 12.6. The Hall–Kier alpha value is -0.770. The van der Waals surface area contributed by atoms with Gasteiger partial charge >= 0.3 is 0 Å². The lowest BCUT2D eigenvalue weighted by atomic mass is 10.0. The Morgan fingerprint density at radius 2 is 1.92 bits per heavy atom. The van der Waals surface area contributed by atoms with E-state index in [4.69, 9.17) is 4.74 Å². The SMILES string of the molecule is COCCN(C1CCN(CCc2cccs2)CC1)S(=O)(=O)c1cccs1. The van der Waals surface area contributed by atoms with Crippen molar-refractivity contribution in [1.29, 1.82) is 0 Å². The van der Waals surface area contributed by atoms with E-state index in [1.54, 1.807) is 34.9 Å². The summed E-state index contributed by atoms with van der Waals surface area (Å²) >= 11 is 3.08. The Balaban J connectivity index is 1.60. The largest absolute Gasteiger partial charge is 0.383 e. The Labute approximate surface area is 164 Å². The summed E-state index contributed by atoms with van der Waals surface area (Å²) in [5.41, 5.74) is 0. The van der Waals surface area contributed by atoms with Gasteiger partial charge in [0, 0.05) is 31.1 Å². The van der Waals surface area contributed by atoms with E-state index in [0.29, 0.717) is 17.4 Å². The normalized spacial score (nSPS) is 17.2. The number of likely N-dealkylation sites (tertiary alicyclic amines) is 1. The van der Waals surface area contributed by atoms with Crippen molar-refractivity contribution in [3.8, 4) is 0 Å². The van der Waals surface area contributed by atoms with Crippen LogP contribution in [0.5, 0.6) is 0 Å². The summed E-state index contributed by atoms with van der Waals surface area (Å²) in [5.74, 6) is 0. The molecular weight excluding hydrogens is 388 g/mol. The molecule has 1 aliphatic rings. The molecule has 0 unspecified atom stereocenters. The van der Waals surface area contributed by atoms with Crippen LogP contribution in [0.3, 0.4) is 0 Å². The molecule has 0 amide bonds. The number of nitrogens with zero attached hydrogens (tertiary/aromatic N) is 2. The quantitative estimate of drug-likeness (QED) is 0.632. The van der Waals surface area contributed by atoms with Crippen LogP contribution in [0.4, 0.5) is 0 Å². The molecule has 2 aromatic rings. The van der Waals surface area contributed by atoms with Crippen molar-refractivity contribution in [3.63, 3.8) is 0 Å². The van der Waals surface area contributed by atoms with Crippen molar-refractivity contribution in [2.24, 2.45) is 0 Å². The maximum Gasteiger partial charge on any atom is 0.252 e. The van der Waals surface area contributed by atoms with E-state index in [0.717, 1.165) is 38.9 Å². The van der Waals surface area contributed by atoms with Gasteiger partial charge in [-0.15, -0.1) is 22.7 Å². The number of ether oxygens (including phenoxy) is 1. The van der Waals surface area contributed by atoms with Gasteiger partial charge in [0.15, 0.2) is 0 Å². The lowest BCUT2D eigenvalue weighted by Gasteiger charge is -2.37. The van der Waals surface area contributed by atoms with Crippen LogP contribution in [0.15, 0.2) is 39.2 Å². The second kappa shape index (κ2) is 9.43. The Kier molecular flexibility index (Phi) is 7.25.